The van der Waals surface area contributed by atoms with Crippen molar-refractivity contribution in [3.63, 3.8) is 0 Å². The van der Waals surface area contributed by atoms with Gasteiger partial charge in [0.25, 0.3) is 5.91 Å². The number of para-hydroxylation sites is 1. The van der Waals surface area contributed by atoms with Crippen LogP contribution in [0.15, 0.2) is 67.0 Å². The second-order valence-electron chi connectivity index (χ2n) is 5.38. The predicted molar refractivity (Wildman–Crippen MR) is 93.3 cm³/mol. The number of nitrogens with zero attached hydrogens (tertiary/aromatic N) is 2. The Morgan fingerprint density at radius 2 is 1.88 bits per heavy atom. The maximum atomic E-state index is 12.4. The van der Waals surface area contributed by atoms with Crippen molar-refractivity contribution in [3.8, 4) is 5.75 Å². The van der Waals surface area contributed by atoms with Crippen LogP contribution in [-0.4, -0.2) is 22.8 Å². The number of nitrogens with one attached hydrogen (secondary N) is 1. The molecule has 0 fully saturated rings. The Bertz CT molecular complexity index is 812. The lowest BCUT2D eigenvalue weighted by Crippen LogP contribution is -2.12. The molecule has 5 heteroatoms. The first-order valence-corrected chi connectivity index (χ1v) is 7.77. The third kappa shape index (κ3) is 3.81. The van der Waals surface area contributed by atoms with Gasteiger partial charge in [0.05, 0.1) is 24.6 Å². The molecule has 0 atom stereocenters. The Kier molecular flexibility index (Phi) is 4.91. The molecule has 0 saturated heterocycles. The Morgan fingerprint density at radius 1 is 1.12 bits per heavy atom. The Hall–Kier alpha value is -3.08. The fourth-order valence-corrected chi connectivity index (χ4v) is 2.47. The highest BCUT2D eigenvalue weighted by molar-refractivity contribution is 6.06. The molecule has 0 aliphatic carbocycles. The van der Waals surface area contributed by atoms with E-state index >= 15 is 0 Å². The van der Waals surface area contributed by atoms with Crippen LogP contribution in [0.25, 0.3) is 0 Å². The van der Waals surface area contributed by atoms with Gasteiger partial charge in [-0.25, -0.2) is 0 Å². The van der Waals surface area contributed by atoms with Crippen LogP contribution in [0.3, 0.4) is 0 Å². The standard InChI is InChI=1S/C19H19N3O2/c1-24-18-10-6-5-9-17(18)19(23)21-16-13-20-22(14-16)12-11-15-7-3-2-4-8-15/h2-10,13-14H,11-12H2,1H3,(H,21,23). The summed E-state index contributed by atoms with van der Waals surface area (Å²) in [5.74, 6) is 0.335. The Morgan fingerprint density at radius 3 is 2.67 bits per heavy atom. The Balaban J connectivity index is 1.62. The summed E-state index contributed by atoms with van der Waals surface area (Å²) < 4.78 is 7.04. The number of anilines is 1. The van der Waals surface area contributed by atoms with Gasteiger partial charge in [0.15, 0.2) is 0 Å². The summed E-state index contributed by atoms with van der Waals surface area (Å²) in [5.41, 5.74) is 2.42. The first-order chi connectivity index (χ1) is 11.8. The highest BCUT2D eigenvalue weighted by atomic mass is 16.5. The molecule has 3 rings (SSSR count). The molecule has 122 valence electrons. The third-order valence-electron chi connectivity index (χ3n) is 3.72. The van der Waals surface area contributed by atoms with E-state index in [4.69, 9.17) is 4.74 Å². The summed E-state index contributed by atoms with van der Waals surface area (Å²) in [6, 6.07) is 17.4. The number of ether oxygens (including phenoxy) is 1. The molecule has 24 heavy (non-hydrogen) atoms. The number of benzene rings is 2. The Labute approximate surface area is 140 Å². The van der Waals surface area contributed by atoms with Crippen molar-refractivity contribution in [3.05, 3.63) is 78.1 Å². The molecule has 1 aromatic heterocycles. The van der Waals surface area contributed by atoms with Crippen LogP contribution in [0.4, 0.5) is 5.69 Å². The molecule has 0 aliphatic heterocycles. The van der Waals surface area contributed by atoms with Gasteiger partial charge in [-0.3, -0.25) is 9.48 Å². The van der Waals surface area contributed by atoms with Crippen molar-refractivity contribution in [1.82, 2.24) is 9.78 Å². The van der Waals surface area contributed by atoms with Crippen molar-refractivity contribution in [1.29, 1.82) is 0 Å². The largest absolute Gasteiger partial charge is 0.496 e. The summed E-state index contributed by atoms with van der Waals surface area (Å²) in [5, 5.41) is 7.14. The maximum Gasteiger partial charge on any atom is 0.259 e. The van der Waals surface area contributed by atoms with E-state index in [1.165, 1.54) is 5.56 Å². The molecule has 0 spiro atoms. The van der Waals surface area contributed by atoms with Gasteiger partial charge in [-0.2, -0.15) is 5.10 Å². The molecule has 3 aromatic rings. The first kappa shape index (κ1) is 15.8. The summed E-state index contributed by atoms with van der Waals surface area (Å²) in [4.78, 5) is 12.4. The third-order valence-corrected chi connectivity index (χ3v) is 3.72. The number of aryl methyl sites for hydroxylation is 2. The molecule has 0 saturated carbocycles. The molecule has 1 heterocycles. The summed E-state index contributed by atoms with van der Waals surface area (Å²) in [6.45, 7) is 0.758. The molecule has 0 unspecified atom stereocenters. The number of carbonyl (C=O) groups excluding carboxylic acids is 1. The van der Waals surface area contributed by atoms with Gasteiger partial charge in [0.2, 0.25) is 0 Å². The van der Waals surface area contributed by atoms with Gasteiger partial charge in [-0.1, -0.05) is 42.5 Å². The number of hydrogen-bond donors (Lipinski definition) is 1. The zero-order valence-electron chi connectivity index (χ0n) is 13.5. The number of amides is 1. The minimum absolute atomic E-state index is 0.213. The highest BCUT2D eigenvalue weighted by Gasteiger charge is 2.12. The van der Waals surface area contributed by atoms with Gasteiger partial charge in [-0.05, 0) is 24.1 Å². The zero-order valence-corrected chi connectivity index (χ0v) is 13.5. The summed E-state index contributed by atoms with van der Waals surface area (Å²) in [7, 11) is 1.55. The molecule has 0 bridgehead atoms. The minimum atomic E-state index is -0.213. The van der Waals surface area contributed by atoms with Crippen molar-refractivity contribution in [2.24, 2.45) is 0 Å². The SMILES string of the molecule is COc1ccccc1C(=O)Nc1cnn(CCc2ccccc2)c1. The van der Waals surface area contributed by atoms with E-state index in [0.29, 0.717) is 17.0 Å². The molecule has 5 nitrogen and oxygen atoms in total. The fourth-order valence-electron chi connectivity index (χ4n) is 2.47. The van der Waals surface area contributed by atoms with Crippen molar-refractivity contribution >= 4 is 11.6 Å². The van der Waals surface area contributed by atoms with Crippen LogP contribution in [-0.2, 0) is 13.0 Å². The number of methoxy groups -OCH3 is 1. The molecular weight excluding hydrogens is 302 g/mol. The van der Waals surface area contributed by atoms with Crippen molar-refractivity contribution in [2.75, 3.05) is 12.4 Å². The van der Waals surface area contributed by atoms with Crippen LogP contribution < -0.4 is 10.1 Å². The molecule has 1 N–H and O–H groups in total. The van der Waals surface area contributed by atoms with Crippen LogP contribution in [0.2, 0.25) is 0 Å². The lowest BCUT2D eigenvalue weighted by Gasteiger charge is -2.07. The maximum absolute atomic E-state index is 12.4. The molecule has 0 aliphatic rings. The second kappa shape index (κ2) is 7.46. The summed E-state index contributed by atoms with van der Waals surface area (Å²) in [6.07, 6.45) is 4.37. The van der Waals surface area contributed by atoms with E-state index < -0.39 is 0 Å². The lowest BCUT2D eigenvalue weighted by molar-refractivity contribution is 0.102. The van der Waals surface area contributed by atoms with E-state index in [1.807, 2.05) is 35.1 Å². The van der Waals surface area contributed by atoms with Crippen LogP contribution in [0, 0.1) is 0 Å². The van der Waals surface area contributed by atoms with Gasteiger partial charge in [0.1, 0.15) is 5.75 Å². The van der Waals surface area contributed by atoms with Crippen LogP contribution in [0.5, 0.6) is 5.75 Å². The second-order valence-corrected chi connectivity index (χ2v) is 5.38. The van der Waals surface area contributed by atoms with Gasteiger partial charge in [-0.15, -0.1) is 0 Å². The van der Waals surface area contributed by atoms with Gasteiger partial charge < -0.3 is 10.1 Å². The molecular formula is C19H19N3O2. The average molecular weight is 321 g/mol. The monoisotopic (exact) mass is 321 g/mol. The topological polar surface area (TPSA) is 56.1 Å². The van der Waals surface area contributed by atoms with Gasteiger partial charge >= 0.3 is 0 Å². The van der Waals surface area contributed by atoms with Crippen LogP contribution in [0.1, 0.15) is 15.9 Å². The minimum Gasteiger partial charge on any atom is -0.496 e. The molecule has 2 aromatic carbocycles. The number of rotatable bonds is 6. The number of carbonyl (C=O) groups is 1. The van der Waals surface area contributed by atoms with E-state index in [2.05, 4.69) is 22.5 Å². The van der Waals surface area contributed by atoms with Crippen molar-refractivity contribution in [2.45, 2.75) is 13.0 Å². The smallest absolute Gasteiger partial charge is 0.259 e. The predicted octanol–water partition coefficient (Wildman–Crippen LogP) is 3.39. The average Bonchev–Trinajstić information content (AvgIpc) is 3.08. The summed E-state index contributed by atoms with van der Waals surface area (Å²) >= 11 is 0. The van der Waals surface area contributed by atoms with Crippen molar-refractivity contribution < 1.29 is 9.53 Å². The van der Waals surface area contributed by atoms with E-state index in [1.54, 1.807) is 31.5 Å². The van der Waals surface area contributed by atoms with Gasteiger partial charge in [0, 0.05) is 12.7 Å². The zero-order chi connectivity index (χ0) is 16.8. The normalized spacial score (nSPS) is 10.4. The molecule has 0 radical (unpaired) electrons. The van der Waals surface area contributed by atoms with E-state index in [-0.39, 0.29) is 5.91 Å². The number of hydrogen-bond acceptors (Lipinski definition) is 3. The highest BCUT2D eigenvalue weighted by Crippen LogP contribution is 2.19. The van der Waals surface area contributed by atoms with E-state index in [0.717, 1.165) is 13.0 Å². The quantitative estimate of drug-likeness (QED) is 0.757. The lowest BCUT2D eigenvalue weighted by atomic mass is 10.1. The van der Waals surface area contributed by atoms with E-state index in [9.17, 15) is 4.79 Å². The van der Waals surface area contributed by atoms with Crippen LogP contribution >= 0.6 is 0 Å². The molecule has 1 amide bonds. The number of aromatic nitrogens is 2. The first-order valence-electron chi connectivity index (χ1n) is 7.77. The fraction of sp³-hybridized carbons (Fsp3) is 0.158.